The quantitative estimate of drug-likeness (QED) is 0.682. The van der Waals surface area contributed by atoms with Crippen LogP contribution in [0.2, 0.25) is 0 Å². The summed E-state index contributed by atoms with van der Waals surface area (Å²) in [4.78, 5) is 0. The minimum atomic E-state index is 0.763. The molecule has 0 aromatic rings. The van der Waals surface area contributed by atoms with Gasteiger partial charge in [0, 0.05) is 6.04 Å². The van der Waals surface area contributed by atoms with Crippen LogP contribution in [-0.4, -0.2) is 12.6 Å². The van der Waals surface area contributed by atoms with Gasteiger partial charge in [-0.2, -0.15) is 0 Å². The maximum absolute atomic E-state index is 3.53. The van der Waals surface area contributed by atoms with Crippen molar-refractivity contribution in [2.24, 2.45) is 11.8 Å². The fourth-order valence-corrected chi connectivity index (χ4v) is 2.17. The zero-order valence-corrected chi connectivity index (χ0v) is 8.77. The van der Waals surface area contributed by atoms with Crippen LogP contribution >= 0.6 is 0 Å². The summed E-state index contributed by atoms with van der Waals surface area (Å²) in [6.45, 7) is 8.25. The van der Waals surface area contributed by atoms with Gasteiger partial charge in [-0.15, -0.1) is 0 Å². The van der Waals surface area contributed by atoms with E-state index in [1.807, 2.05) is 0 Å². The Kier molecular flexibility index (Phi) is 4.07. The second kappa shape index (κ2) is 4.86. The first-order chi connectivity index (χ1) is 5.74. The van der Waals surface area contributed by atoms with Crippen molar-refractivity contribution in [2.45, 2.75) is 52.5 Å². The van der Waals surface area contributed by atoms with E-state index in [4.69, 9.17) is 0 Å². The SMILES string of the molecule is CCCCC(C)C1CNC(C)C1. The Bertz CT molecular complexity index is 122. The van der Waals surface area contributed by atoms with Crippen molar-refractivity contribution in [2.75, 3.05) is 6.54 Å². The smallest absolute Gasteiger partial charge is 0.00420 e. The lowest BCUT2D eigenvalue weighted by Gasteiger charge is -2.17. The van der Waals surface area contributed by atoms with Crippen molar-refractivity contribution in [1.82, 2.24) is 5.32 Å². The number of unbranched alkanes of at least 4 members (excludes halogenated alkanes) is 1. The minimum Gasteiger partial charge on any atom is -0.314 e. The summed E-state index contributed by atoms with van der Waals surface area (Å²) >= 11 is 0. The molecule has 3 unspecified atom stereocenters. The summed E-state index contributed by atoms with van der Waals surface area (Å²) in [5, 5.41) is 3.53. The molecule has 0 radical (unpaired) electrons. The third-order valence-electron chi connectivity index (χ3n) is 3.20. The molecule has 0 aromatic carbocycles. The maximum atomic E-state index is 3.53. The fourth-order valence-electron chi connectivity index (χ4n) is 2.17. The Morgan fingerprint density at radius 3 is 2.75 bits per heavy atom. The van der Waals surface area contributed by atoms with Gasteiger partial charge < -0.3 is 5.32 Å². The lowest BCUT2D eigenvalue weighted by atomic mass is 9.88. The van der Waals surface area contributed by atoms with E-state index in [0.29, 0.717) is 0 Å². The third-order valence-corrected chi connectivity index (χ3v) is 3.20. The van der Waals surface area contributed by atoms with Crippen LogP contribution in [0.25, 0.3) is 0 Å². The van der Waals surface area contributed by atoms with Gasteiger partial charge in [-0.3, -0.25) is 0 Å². The van der Waals surface area contributed by atoms with E-state index in [1.165, 1.54) is 32.2 Å². The fraction of sp³-hybridized carbons (Fsp3) is 1.00. The molecular formula is C11H23N. The molecular weight excluding hydrogens is 146 g/mol. The first-order valence-corrected chi connectivity index (χ1v) is 5.47. The molecule has 1 heteroatoms. The summed E-state index contributed by atoms with van der Waals surface area (Å²) < 4.78 is 0. The van der Waals surface area contributed by atoms with Crippen LogP contribution in [0.4, 0.5) is 0 Å². The van der Waals surface area contributed by atoms with Crippen LogP contribution < -0.4 is 5.32 Å². The average Bonchev–Trinajstić information content (AvgIpc) is 2.47. The molecule has 0 bridgehead atoms. The highest BCUT2D eigenvalue weighted by atomic mass is 14.9. The molecule has 0 amide bonds. The topological polar surface area (TPSA) is 12.0 Å². The van der Waals surface area contributed by atoms with Crippen molar-refractivity contribution in [3.63, 3.8) is 0 Å². The number of nitrogens with one attached hydrogen (secondary N) is 1. The van der Waals surface area contributed by atoms with Crippen LogP contribution in [0.15, 0.2) is 0 Å². The lowest BCUT2D eigenvalue weighted by Crippen LogP contribution is -2.18. The Labute approximate surface area is 76.9 Å². The largest absolute Gasteiger partial charge is 0.314 e. The predicted octanol–water partition coefficient (Wildman–Crippen LogP) is 2.81. The molecule has 1 saturated heterocycles. The second-order valence-electron chi connectivity index (χ2n) is 4.42. The molecule has 0 aromatic heterocycles. The summed E-state index contributed by atoms with van der Waals surface area (Å²) in [7, 11) is 0. The van der Waals surface area contributed by atoms with Gasteiger partial charge in [0.05, 0.1) is 0 Å². The molecule has 1 heterocycles. The first kappa shape index (κ1) is 10.0. The van der Waals surface area contributed by atoms with Crippen molar-refractivity contribution in [1.29, 1.82) is 0 Å². The molecule has 3 atom stereocenters. The molecule has 0 aliphatic carbocycles. The average molecular weight is 169 g/mol. The first-order valence-electron chi connectivity index (χ1n) is 5.47. The molecule has 1 nitrogen and oxygen atoms in total. The normalized spacial score (nSPS) is 32.2. The van der Waals surface area contributed by atoms with Crippen LogP contribution in [-0.2, 0) is 0 Å². The molecule has 1 N–H and O–H groups in total. The van der Waals surface area contributed by atoms with Gasteiger partial charge in [0.25, 0.3) is 0 Å². The Balaban J connectivity index is 2.18. The number of hydrogen-bond donors (Lipinski definition) is 1. The van der Waals surface area contributed by atoms with Crippen molar-refractivity contribution in [3.8, 4) is 0 Å². The Morgan fingerprint density at radius 2 is 2.25 bits per heavy atom. The zero-order chi connectivity index (χ0) is 8.97. The third kappa shape index (κ3) is 2.78. The molecule has 1 aliphatic rings. The van der Waals surface area contributed by atoms with E-state index in [0.717, 1.165) is 17.9 Å². The van der Waals surface area contributed by atoms with E-state index < -0.39 is 0 Å². The summed E-state index contributed by atoms with van der Waals surface area (Å²) in [5.74, 6) is 1.88. The molecule has 0 spiro atoms. The van der Waals surface area contributed by atoms with Gasteiger partial charge >= 0.3 is 0 Å². The highest BCUT2D eigenvalue weighted by Gasteiger charge is 2.24. The van der Waals surface area contributed by atoms with Gasteiger partial charge in [0.2, 0.25) is 0 Å². The molecule has 1 fully saturated rings. The second-order valence-corrected chi connectivity index (χ2v) is 4.42. The zero-order valence-electron chi connectivity index (χ0n) is 8.77. The van der Waals surface area contributed by atoms with Crippen LogP contribution in [0, 0.1) is 11.8 Å². The van der Waals surface area contributed by atoms with E-state index in [-0.39, 0.29) is 0 Å². The van der Waals surface area contributed by atoms with Gasteiger partial charge in [0.1, 0.15) is 0 Å². The van der Waals surface area contributed by atoms with Gasteiger partial charge in [-0.05, 0) is 31.7 Å². The van der Waals surface area contributed by atoms with E-state index >= 15 is 0 Å². The predicted molar refractivity (Wildman–Crippen MR) is 54.3 cm³/mol. The molecule has 1 aliphatic heterocycles. The monoisotopic (exact) mass is 169 g/mol. The minimum absolute atomic E-state index is 0.763. The van der Waals surface area contributed by atoms with Gasteiger partial charge in [-0.1, -0.05) is 33.1 Å². The van der Waals surface area contributed by atoms with Crippen LogP contribution in [0.5, 0.6) is 0 Å². The highest BCUT2D eigenvalue weighted by Crippen LogP contribution is 2.25. The van der Waals surface area contributed by atoms with Gasteiger partial charge in [-0.25, -0.2) is 0 Å². The van der Waals surface area contributed by atoms with Crippen molar-refractivity contribution >= 4 is 0 Å². The standard InChI is InChI=1S/C11H23N/c1-4-5-6-9(2)11-7-10(3)12-8-11/h9-12H,4-8H2,1-3H3. The molecule has 72 valence electrons. The summed E-state index contributed by atoms with van der Waals surface area (Å²) in [6, 6.07) is 0.763. The molecule has 12 heavy (non-hydrogen) atoms. The highest BCUT2D eigenvalue weighted by molar-refractivity contribution is 4.81. The Morgan fingerprint density at radius 1 is 1.50 bits per heavy atom. The molecule has 1 rings (SSSR count). The van der Waals surface area contributed by atoms with Crippen LogP contribution in [0.3, 0.4) is 0 Å². The van der Waals surface area contributed by atoms with Crippen molar-refractivity contribution < 1.29 is 0 Å². The van der Waals surface area contributed by atoms with Gasteiger partial charge in [0.15, 0.2) is 0 Å². The molecule has 0 saturated carbocycles. The lowest BCUT2D eigenvalue weighted by molar-refractivity contribution is 0.350. The van der Waals surface area contributed by atoms with E-state index in [1.54, 1.807) is 0 Å². The summed E-state index contributed by atoms with van der Waals surface area (Å²) in [6.07, 6.45) is 5.58. The number of rotatable bonds is 4. The van der Waals surface area contributed by atoms with Crippen molar-refractivity contribution in [3.05, 3.63) is 0 Å². The van der Waals surface area contributed by atoms with E-state index in [9.17, 15) is 0 Å². The van der Waals surface area contributed by atoms with Crippen LogP contribution in [0.1, 0.15) is 46.5 Å². The summed E-state index contributed by atoms with van der Waals surface area (Å²) in [5.41, 5.74) is 0. The number of hydrogen-bond acceptors (Lipinski definition) is 1. The maximum Gasteiger partial charge on any atom is 0.00420 e. The van der Waals surface area contributed by atoms with E-state index in [2.05, 4.69) is 26.1 Å². The Hall–Kier alpha value is -0.0400.